The second-order valence-corrected chi connectivity index (χ2v) is 12.8. The fraction of sp³-hybridized carbons (Fsp3) is 0.679. The molecule has 1 saturated carbocycles. The smallest absolute Gasteiger partial charge is 0.405 e. The summed E-state index contributed by atoms with van der Waals surface area (Å²) < 4.78 is 24.2. The van der Waals surface area contributed by atoms with Gasteiger partial charge in [-0.25, -0.2) is 4.79 Å². The second-order valence-electron chi connectivity index (χ2n) is 10.7. The van der Waals surface area contributed by atoms with Gasteiger partial charge in [0.25, 0.3) is 0 Å². The third-order valence-electron chi connectivity index (χ3n) is 7.69. The minimum atomic E-state index is -4.09. The number of carbonyl (C=O) groups excluding carboxylic acids is 2. The largest absolute Gasteiger partial charge is 0.465 e. The third-order valence-corrected chi connectivity index (χ3v) is 9.93. The van der Waals surface area contributed by atoms with Crippen LogP contribution < -0.4 is 16.0 Å². The minimum absolute atomic E-state index is 0.00292. The van der Waals surface area contributed by atoms with Crippen LogP contribution in [-0.2, 0) is 29.6 Å². The van der Waals surface area contributed by atoms with Crippen LogP contribution in [0.1, 0.15) is 70.8 Å². The van der Waals surface area contributed by atoms with E-state index in [4.69, 9.17) is 9.05 Å². The number of amides is 3. The number of aliphatic hydroxyl groups is 1. The zero-order valence-corrected chi connectivity index (χ0v) is 24.3. The fourth-order valence-corrected chi connectivity index (χ4v) is 7.55. The quantitative estimate of drug-likeness (QED) is 0.195. The Morgan fingerprint density at radius 3 is 2.30 bits per heavy atom. The lowest BCUT2D eigenvalue weighted by Crippen LogP contribution is -2.53. The zero-order chi connectivity index (χ0) is 29.1. The normalized spacial score (nSPS) is 22.2. The van der Waals surface area contributed by atoms with Gasteiger partial charge in [0, 0.05) is 12.0 Å². The maximum Gasteiger partial charge on any atom is 0.405 e. The molecule has 5 N–H and O–H groups in total. The van der Waals surface area contributed by atoms with Gasteiger partial charge < -0.3 is 35.2 Å². The first-order valence-electron chi connectivity index (χ1n) is 14.4. The topological polar surface area (TPSA) is 163 Å². The van der Waals surface area contributed by atoms with E-state index >= 15 is 0 Å². The first kappa shape index (κ1) is 32.1. The van der Waals surface area contributed by atoms with Crippen LogP contribution in [-0.4, -0.2) is 65.3 Å². The van der Waals surface area contributed by atoms with Crippen LogP contribution in [0.4, 0.5) is 4.79 Å². The first-order valence-corrected chi connectivity index (χ1v) is 16.0. The summed E-state index contributed by atoms with van der Waals surface area (Å²) >= 11 is 0. The number of aliphatic hydroxyl groups excluding tert-OH is 1. The summed E-state index contributed by atoms with van der Waals surface area (Å²) in [5.41, 5.74) is 1.07. The molecule has 0 bridgehead atoms. The van der Waals surface area contributed by atoms with Crippen molar-refractivity contribution in [3.8, 4) is 0 Å². The van der Waals surface area contributed by atoms with Gasteiger partial charge in [0.15, 0.2) is 5.85 Å². The lowest BCUT2D eigenvalue weighted by Gasteiger charge is -2.32. The lowest BCUT2D eigenvalue weighted by atomic mass is 9.84. The predicted molar refractivity (Wildman–Crippen MR) is 150 cm³/mol. The molecule has 0 aromatic heterocycles. The van der Waals surface area contributed by atoms with Gasteiger partial charge in [0.1, 0.15) is 6.04 Å². The van der Waals surface area contributed by atoms with Gasteiger partial charge in [-0.05, 0) is 51.0 Å². The third kappa shape index (κ3) is 9.29. The summed E-state index contributed by atoms with van der Waals surface area (Å²) in [4.78, 5) is 37.9. The monoisotopic (exact) mass is 581 g/mol. The van der Waals surface area contributed by atoms with Gasteiger partial charge in [-0.15, -0.1) is 0 Å². The Kier molecular flexibility index (Phi) is 12.4. The van der Waals surface area contributed by atoms with Gasteiger partial charge >= 0.3 is 13.7 Å². The van der Waals surface area contributed by atoms with Crippen molar-refractivity contribution in [2.75, 3.05) is 13.2 Å². The number of hydrogen-bond acceptors (Lipinski definition) is 7. The standard InChI is InChI=1S/C28H44N3O8P/c1-3-38-40(37,39-4-2)27(34)24(18-21-17-22(29-25(21)32)15-19-11-7-5-8-12-19)30-26(33)23(31-28(35)36)16-20-13-9-6-10-14-20/h5,7-8,11-12,20-24,27,31,34H,3-4,6,9-10,13-18H2,1-2H3,(H,29,32)(H,30,33)(H,35,36). The van der Waals surface area contributed by atoms with Crippen molar-refractivity contribution in [2.45, 2.75) is 95.6 Å². The average Bonchev–Trinajstić information content (AvgIpc) is 3.26. The van der Waals surface area contributed by atoms with Crippen molar-refractivity contribution in [3.05, 3.63) is 35.9 Å². The molecule has 5 unspecified atom stereocenters. The Morgan fingerprint density at radius 1 is 1.05 bits per heavy atom. The molecular formula is C28H44N3O8P. The Labute approximate surface area is 236 Å². The number of benzene rings is 1. The summed E-state index contributed by atoms with van der Waals surface area (Å²) in [6, 6.07) is 7.38. The molecule has 1 aromatic rings. The molecular weight excluding hydrogens is 537 g/mol. The van der Waals surface area contributed by atoms with Crippen molar-refractivity contribution in [3.63, 3.8) is 0 Å². The minimum Gasteiger partial charge on any atom is -0.465 e. The molecule has 2 fully saturated rings. The molecule has 3 amide bonds. The van der Waals surface area contributed by atoms with Gasteiger partial charge in [-0.1, -0.05) is 62.4 Å². The van der Waals surface area contributed by atoms with Gasteiger partial charge in [-0.3, -0.25) is 14.2 Å². The zero-order valence-electron chi connectivity index (χ0n) is 23.4. The average molecular weight is 582 g/mol. The Hall–Kier alpha value is -2.46. The van der Waals surface area contributed by atoms with E-state index in [9.17, 15) is 29.2 Å². The van der Waals surface area contributed by atoms with E-state index in [-0.39, 0.29) is 37.5 Å². The number of carboxylic acid groups (broad SMARTS) is 1. The van der Waals surface area contributed by atoms with Crippen molar-refractivity contribution in [1.29, 1.82) is 0 Å². The highest BCUT2D eigenvalue weighted by Gasteiger charge is 2.44. The van der Waals surface area contributed by atoms with E-state index in [2.05, 4.69) is 16.0 Å². The summed E-state index contributed by atoms with van der Waals surface area (Å²) in [5.74, 6) is -3.00. The second kappa shape index (κ2) is 15.5. The summed E-state index contributed by atoms with van der Waals surface area (Å²) in [5, 5.41) is 28.7. The van der Waals surface area contributed by atoms with Crippen LogP contribution in [0.2, 0.25) is 0 Å². The molecule has 0 radical (unpaired) electrons. The van der Waals surface area contributed by atoms with E-state index < -0.39 is 43.4 Å². The van der Waals surface area contributed by atoms with Crippen LogP contribution in [0, 0.1) is 11.8 Å². The van der Waals surface area contributed by atoms with E-state index in [1.807, 2.05) is 30.3 Å². The van der Waals surface area contributed by atoms with Gasteiger partial charge in [0.2, 0.25) is 11.8 Å². The fourth-order valence-electron chi connectivity index (χ4n) is 5.82. The van der Waals surface area contributed by atoms with E-state index in [0.29, 0.717) is 19.3 Å². The molecule has 0 spiro atoms. The van der Waals surface area contributed by atoms with Crippen molar-refractivity contribution in [1.82, 2.24) is 16.0 Å². The maximum atomic E-state index is 13.5. The lowest BCUT2D eigenvalue weighted by molar-refractivity contribution is -0.126. The van der Waals surface area contributed by atoms with Crippen LogP contribution in [0.5, 0.6) is 0 Å². The Bertz CT molecular complexity index is 1010. The molecule has 3 rings (SSSR count). The van der Waals surface area contributed by atoms with E-state index in [0.717, 1.165) is 37.7 Å². The molecule has 1 aliphatic carbocycles. The highest BCUT2D eigenvalue weighted by atomic mass is 31.2. The van der Waals surface area contributed by atoms with Crippen LogP contribution >= 0.6 is 7.60 Å². The SMILES string of the molecule is CCOP(=O)(OCC)C(O)C(CC1CC(Cc2ccccc2)NC1=O)NC(=O)C(CC1CCCCC1)NC(=O)O. The van der Waals surface area contributed by atoms with E-state index in [1.165, 1.54) is 0 Å². The van der Waals surface area contributed by atoms with E-state index in [1.54, 1.807) is 13.8 Å². The molecule has 1 aromatic carbocycles. The number of nitrogens with one attached hydrogen (secondary N) is 3. The number of carbonyl (C=O) groups is 3. The molecule has 1 saturated heterocycles. The molecule has 12 heteroatoms. The molecule has 224 valence electrons. The molecule has 11 nitrogen and oxygen atoms in total. The molecule has 5 atom stereocenters. The van der Waals surface area contributed by atoms with Crippen molar-refractivity contribution < 1.29 is 38.2 Å². The van der Waals surface area contributed by atoms with Crippen LogP contribution in [0.3, 0.4) is 0 Å². The summed E-state index contributed by atoms with van der Waals surface area (Å²) in [6.07, 6.45) is 5.05. The maximum absolute atomic E-state index is 13.5. The van der Waals surface area contributed by atoms with Crippen molar-refractivity contribution >= 4 is 25.5 Å². The van der Waals surface area contributed by atoms with Gasteiger partial charge in [-0.2, -0.15) is 0 Å². The highest BCUT2D eigenvalue weighted by molar-refractivity contribution is 7.54. The predicted octanol–water partition coefficient (Wildman–Crippen LogP) is 3.80. The highest BCUT2D eigenvalue weighted by Crippen LogP contribution is 2.53. The Morgan fingerprint density at radius 2 is 1.70 bits per heavy atom. The molecule has 2 aliphatic rings. The number of hydrogen-bond donors (Lipinski definition) is 5. The van der Waals surface area contributed by atoms with Crippen molar-refractivity contribution in [2.24, 2.45) is 11.8 Å². The first-order chi connectivity index (χ1) is 19.1. The Balaban J connectivity index is 1.79. The summed E-state index contributed by atoms with van der Waals surface area (Å²) in [6.45, 7) is 3.23. The number of rotatable bonds is 15. The molecule has 40 heavy (non-hydrogen) atoms. The summed E-state index contributed by atoms with van der Waals surface area (Å²) in [7, 11) is -4.09. The molecule has 1 heterocycles. The van der Waals surface area contributed by atoms with Gasteiger partial charge in [0.05, 0.1) is 19.3 Å². The van der Waals surface area contributed by atoms with Crippen LogP contribution in [0.25, 0.3) is 0 Å². The molecule has 1 aliphatic heterocycles. The van der Waals surface area contributed by atoms with Crippen LogP contribution in [0.15, 0.2) is 30.3 Å².